The SMILES string of the molecule is N=C(N)c1ccc(OCCO/N=C(\C(=O)N[C@H]2CNC2=O)c2csc(N)n2)cn1. The van der Waals surface area contributed by atoms with Gasteiger partial charge in [0.25, 0.3) is 5.91 Å². The van der Waals surface area contributed by atoms with Crippen molar-refractivity contribution in [3.8, 4) is 5.75 Å². The number of hydrogen-bond donors (Lipinski definition) is 5. The normalized spacial score (nSPS) is 15.8. The number of rotatable bonds is 9. The minimum absolute atomic E-state index is 0.0365. The second-order valence-corrected chi connectivity index (χ2v) is 6.65. The zero-order valence-corrected chi connectivity index (χ0v) is 15.9. The van der Waals surface area contributed by atoms with Crippen LogP contribution in [0, 0.1) is 5.41 Å². The summed E-state index contributed by atoms with van der Waals surface area (Å²) >= 11 is 1.15. The maximum atomic E-state index is 12.4. The minimum atomic E-state index is -0.613. The van der Waals surface area contributed by atoms with Gasteiger partial charge in [-0.25, -0.2) is 9.97 Å². The van der Waals surface area contributed by atoms with E-state index in [9.17, 15) is 9.59 Å². The summed E-state index contributed by atoms with van der Waals surface area (Å²) in [6.07, 6.45) is 1.43. The number of nitrogens with one attached hydrogen (secondary N) is 3. The van der Waals surface area contributed by atoms with E-state index in [4.69, 9.17) is 26.5 Å². The van der Waals surface area contributed by atoms with Crippen molar-refractivity contribution in [3.63, 3.8) is 0 Å². The molecule has 152 valence electrons. The van der Waals surface area contributed by atoms with Gasteiger partial charge >= 0.3 is 0 Å². The third-order valence-corrected chi connectivity index (χ3v) is 4.37. The number of carbonyl (C=O) groups is 2. The van der Waals surface area contributed by atoms with Gasteiger partial charge in [-0.2, -0.15) is 0 Å². The predicted octanol–water partition coefficient (Wildman–Crippen LogP) is -1.18. The molecule has 1 saturated heterocycles. The van der Waals surface area contributed by atoms with E-state index in [2.05, 4.69) is 25.8 Å². The van der Waals surface area contributed by atoms with Gasteiger partial charge in [-0.1, -0.05) is 5.16 Å². The highest BCUT2D eigenvalue weighted by Gasteiger charge is 2.31. The molecule has 0 unspecified atom stereocenters. The number of nitrogens with zero attached hydrogens (tertiary/aromatic N) is 3. The van der Waals surface area contributed by atoms with E-state index in [0.29, 0.717) is 18.0 Å². The summed E-state index contributed by atoms with van der Waals surface area (Å²) in [7, 11) is 0. The lowest BCUT2D eigenvalue weighted by Crippen LogP contribution is -2.62. The Morgan fingerprint density at radius 3 is 2.79 bits per heavy atom. The van der Waals surface area contributed by atoms with E-state index in [0.717, 1.165) is 11.3 Å². The molecule has 3 heterocycles. The summed E-state index contributed by atoms with van der Waals surface area (Å²) in [6.45, 7) is 0.515. The molecule has 12 nitrogen and oxygen atoms in total. The Balaban J connectivity index is 1.55. The van der Waals surface area contributed by atoms with Gasteiger partial charge in [0.1, 0.15) is 35.6 Å². The summed E-state index contributed by atoms with van der Waals surface area (Å²) in [5.74, 6) is -0.541. The van der Waals surface area contributed by atoms with Crippen molar-refractivity contribution in [1.82, 2.24) is 20.6 Å². The Morgan fingerprint density at radius 1 is 1.41 bits per heavy atom. The van der Waals surface area contributed by atoms with Crippen LogP contribution in [0.15, 0.2) is 28.9 Å². The van der Waals surface area contributed by atoms with Crippen LogP contribution in [0.25, 0.3) is 0 Å². The lowest BCUT2D eigenvalue weighted by Gasteiger charge is -2.26. The van der Waals surface area contributed by atoms with Crippen LogP contribution >= 0.6 is 11.3 Å². The number of amidine groups is 1. The van der Waals surface area contributed by atoms with E-state index in [1.54, 1.807) is 17.5 Å². The Bertz CT molecular complexity index is 943. The van der Waals surface area contributed by atoms with Crippen molar-refractivity contribution in [2.24, 2.45) is 10.9 Å². The van der Waals surface area contributed by atoms with Gasteiger partial charge in [0.15, 0.2) is 17.5 Å². The maximum Gasteiger partial charge on any atom is 0.276 e. The number of nitrogens with two attached hydrogens (primary N) is 2. The molecule has 29 heavy (non-hydrogen) atoms. The number of hydrogen-bond acceptors (Lipinski definition) is 10. The molecule has 2 amide bonds. The molecule has 0 radical (unpaired) electrons. The summed E-state index contributed by atoms with van der Waals surface area (Å²) < 4.78 is 5.44. The fourth-order valence-corrected chi connectivity index (χ4v) is 2.71. The molecule has 13 heteroatoms. The first-order chi connectivity index (χ1) is 13.9. The average molecular weight is 418 g/mol. The first-order valence-electron chi connectivity index (χ1n) is 8.37. The van der Waals surface area contributed by atoms with Gasteiger partial charge in [-0.05, 0) is 12.1 Å². The number of aromatic nitrogens is 2. The largest absolute Gasteiger partial charge is 0.488 e. The van der Waals surface area contributed by atoms with Gasteiger partial charge in [0.2, 0.25) is 5.91 Å². The van der Waals surface area contributed by atoms with E-state index in [1.165, 1.54) is 6.20 Å². The molecule has 0 spiro atoms. The van der Waals surface area contributed by atoms with Gasteiger partial charge in [-0.15, -0.1) is 11.3 Å². The molecule has 1 atom stereocenters. The Kier molecular flexibility index (Phi) is 6.19. The van der Waals surface area contributed by atoms with Crippen molar-refractivity contribution in [1.29, 1.82) is 5.41 Å². The highest BCUT2D eigenvalue weighted by molar-refractivity contribution is 7.13. The van der Waals surface area contributed by atoms with Crippen LogP contribution in [0.1, 0.15) is 11.4 Å². The smallest absolute Gasteiger partial charge is 0.276 e. The van der Waals surface area contributed by atoms with Crippen LogP contribution in [-0.2, 0) is 14.4 Å². The van der Waals surface area contributed by atoms with Crippen molar-refractivity contribution in [2.45, 2.75) is 6.04 Å². The van der Waals surface area contributed by atoms with Gasteiger partial charge in [0.05, 0.1) is 6.20 Å². The minimum Gasteiger partial charge on any atom is -0.488 e. The second kappa shape index (κ2) is 8.97. The fraction of sp³-hybridized carbons (Fsp3) is 0.250. The lowest BCUT2D eigenvalue weighted by atomic mass is 10.1. The maximum absolute atomic E-state index is 12.4. The third kappa shape index (κ3) is 5.16. The standard InChI is InChI=1S/C16H18N8O4S/c17-13(18)9-2-1-8(5-20-9)27-3-4-28-24-12(11-7-29-16(19)23-11)15(26)22-10-6-21-14(10)25/h1-2,5,7,10H,3-4,6H2,(H3,17,18)(H2,19,23)(H,21,25)(H,22,26)/b24-12-/t10-/m0/s1. The number of carbonyl (C=O) groups excluding carboxylic acids is 2. The number of pyridine rings is 1. The molecule has 7 N–H and O–H groups in total. The summed E-state index contributed by atoms with van der Waals surface area (Å²) in [4.78, 5) is 37.0. The third-order valence-electron chi connectivity index (χ3n) is 3.69. The summed E-state index contributed by atoms with van der Waals surface area (Å²) in [5.41, 5.74) is 11.4. The van der Waals surface area contributed by atoms with Gasteiger partial charge in [-0.3, -0.25) is 15.0 Å². The molecule has 1 fully saturated rings. The number of thiazole rings is 1. The van der Waals surface area contributed by atoms with Crippen LogP contribution in [0.5, 0.6) is 5.75 Å². The first-order valence-corrected chi connectivity index (χ1v) is 9.25. The van der Waals surface area contributed by atoms with E-state index >= 15 is 0 Å². The van der Waals surface area contributed by atoms with E-state index in [-0.39, 0.29) is 41.5 Å². The molecule has 2 aromatic heterocycles. The highest BCUT2D eigenvalue weighted by atomic mass is 32.1. The van der Waals surface area contributed by atoms with Crippen LogP contribution in [-0.4, -0.2) is 59.1 Å². The molecule has 0 saturated carbocycles. The number of anilines is 1. The van der Waals surface area contributed by atoms with Crippen molar-refractivity contribution in [3.05, 3.63) is 35.1 Å². The van der Waals surface area contributed by atoms with Crippen molar-refractivity contribution < 1.29 is 19.2 Å². The van der Waals surface area contributed by atoms with Crippen LogP contribution in [0.2, 0.25) is 0 Å². The quantitative estimate of drug-likeness (QED) is 0.110. The average Bonchev–Trinajstić information content (AvgIpc) is 3.13. The van der Waals surface area contributed by atoms with E-state index in [1.807, 2.05) is 0 Å². The topological polar surface area (TPSA) is 191 Å². The molecule has 3 rings (SSSR count). The lowest BCUT2D eigenvalue weighted by molar-refractivity contribution is -0.131. The number of oxime groups is 1. The molecule has 1 aliphatic rings. The van der Waals surface area contributed by atoms with Crippen LogP contribution in [0.4, 0.5) is 5.13 Å². The first kappa shape index (κ1) is 20.0. The highest BCUT2D eigenvalue weighted by Crippen LogP contribution is 2.13. The van der Waals surface area contributed by atoms with Gasteiger partial charge < -0.3 is 31.7 Å². The zero-order valence-electron chi connectivity index (χ0n) is 15.0. The zero-order chi connectivity index (χ0) is 20.8. The number of ether oxygens (including phenoxy) is 1. The molecular formula is C16H18N8O4S. The number of nitrogen functional groups attached to an aromatic ring is 2. The monoisotopic (exact) mass is 418 g/mol. The van der Waals surface area contributed by atoms with Crippen LogP contribution in [0.3, 0.4) is 0 Å². The van der Waals surface area contributed by atoms with Crippen LogP contribution < -0.4 is 26.8 Å². The fourth-order valence-electron chi connectivity index (χ4n) is 2.16. The molecule has 0 bridgehead atoms. The Hall–Kier alpha value is -3.74. The molecule has 0 aliphatic carbocycles. The number of β-lactam (4-membered cyclic amide) rings is 1. The number of amides is 2. The second-order valence-electron chi connectivity index (χ2n) is 5.76. The van der Waals surface area contributed by atoms with Gasteiger partial charge in [0, 0.05) is 11.9 Å². The molecular weight excluding hydrogens is 400 g/mol. The molecule has 2 aromatic rings. The Morgan fingerprint density at radius 2 is 2.24 bits per heavy atom. The molecule has 1 aliphatic heterocycles. The Labute approximate surface area is 168 Å². The van der Waals surface area contributed by atoms with Crippen molar-refractivity contribution in [2.75, 3.05) is 25.5 Å². The van der Waals surface area contributed by atoms with Crippen molar-refractivity contribution >= 4 is 39.8 Å². The molecule has 0 aromatic carbocycles. The summed E-state index contributed by atoms with van der Waals surface area (Å²) in [5, 5.41) is 18.0. The predicted molar refractivity (Wildman–Crippen MR) is 105 cm³/mol. The summed E-state index contributed by atoms with van der Waals surface area (Å²) in [6, 6.07) is 2.56. The van der Waals surface area contributed by atoms with E-state index < -0.39 is 11.9 Å².